The van der Waals surface area contributed by atoms with Crippen LogP contribution in [-0.2, 0) is 0 Å². The molecule has 0 aliphatic rings. The molecule has 4 nitrogen and oxygen atoms in total. The van der Waals surface area contributed by atoms with Crippen LogP contribution in [0.5, 0.6) is 0 Å². The highest BCUT2D eigenvalue weighted by Gasteiger charge is 2.06. The van der Waals surface area contributed by atoms with Crippen LogP contribution in [0.1, 0.15) is 11.1 Å². The maximum absolute atomic E-state index is 9.06. The molecule has 0 bridgehead atoms. The summed E-state index contributed by atoms with van der Waals surface area (Å²) in [6, 6.07) is 9.39. The van der Waals surface area contributed by atoms with E-state index in [-0.39, 0.29) is 0 Å². The summed E-state index contributed by atoms with van der Waals surface area (Å²) in [4.78, 5) is 4.22. The number of nitrogens with zero attached hydrogens (tertiary/aromatic N) is 2. The molecule has 0 atom stereocenters. The van der Waals surface area contributed by atoms with Crippen molar-refractivity contribution in [3.05, 3.63) is 46.1 Å². The van der Waals surface area contributed by atoms with Gasteiger partial charge in [0, 0.05) is 4.47 Å². The number of aromatic nitrogens is 1. The molecule has 0 saturated heterocycles. The zero-order valence-corrected chi connectivity index (χ0v) is 11.3. The molecule has 0 saturated carbocycles. The number of hydrogen-bond donors (Lipinski definition) is 2. The van der Waals surface area contributed by atoms with Gasteiger partial charge in [-0.05, 0) is 36.8 Å². The van der Waals surface area contributed by atoms with E-state index in [2.05, 4.69) is 32.3 Å². The molecule has 1 aromatic heterocycles. The summed E-state index contributed by atoms with van der Waals surface area (Å²) in [7, 11) is 0. The molecule has 0 aliphatic carbocycles. The topological polar surface area (TPSA) is 74.7 Å². The van der Waals surface area contributed by atoms with Crippen molar-refractivity contribution in [2.45, 2.75) is 6.92 Å². The summed E-state index contributed by atoms with van der Waals surface area (Å²) in [6.45, 7) is 1.91. The third-order valence-electron chi connectivity index (χ3n) is 2.45. The van der Waals surface area contributed by atoms with Crippen molar-refractivity contribution in [3.8, 4) is 6.07 Å². The molecule has 5 heteroatoms. The Bertz CT molecular complexity index is 631. The first kappa shape index (κ1) is 12.4. The van der Waals surface area contributed by atoms with Gasteiger partial charge in [-0.25, -0.2) is 4.98 Å². The Morgan fingerprint density at radius 1 is 1.39 bits per heavy atom. The van der Waals surface area contributed by atoms with Gasteiger partial charge in [-0.3, -0.25) is 0 Å². The van der Waals surface area contributed by atoms with Crippen LogP contribution in [-0.4, -0.2) is 4.98 Å². The minimum atomic E-state index is 0.566. The number of aryl methyl sites for hydroxylation is 1. The molecule has 0 aliphatic heterocycles. The highest BCUT2D eigenvalue weighted by atomic mass is 79.9. The van der Waals surface area contributed by atoms with Gasteiger partial charge >= 0.3 is 0 Å². The molecule has 0 unspecified atom stereocenters. The Labute approximate surface area is 114 Å². The summed E-state index contributed by atoms with van der Waals surface area (Å²) < 4.78 is 0.900. The Kier molecular flexibility index (Phi) is 3.49. The molecular weight excluding hydrogens is 292 g/mol. The summed E-state index contributed by atoms with van der Waals surface area (Å²) in [5, 5.41) is 12.2. The van der Waals surface area contributed by atoms with Crippen LogP contribution >= 0.6 is 15.9 Å². The van der Waals surface area contributed by atoms with Crippen molar-refractivity contribution >= 4 is 33.1 Å². The first-order valence-electron chi connectivity index (χ1n) is 5.29. The lowest BCUT2D eigenvalue weighted by atomic mass is 10.2. The molecule has 18 heavy (non-hydrogen) atoms. The predicted octanol–water partition coefficient (Wildman–Crippen LogP) is 3.35. The quantitative estimate of drug-likeness (QED) is 0.892. The van der Waals surface area contributed by atoms with E-state index in [0.29, 0.717) is 22.8 Å². The van der Waals surface area contributed by atoms with Gasteiger partial charge in [0.2, 0.25) is 0 Å². The molecule has 0 amide bonds. The second kappa shape index (κ2) is 5.07. The fourth-order valence-electron chi connectivity index (χ4n) is 1.57. The smallest absolute Gasteiger partial charge is 0.133 e. The Hall–Kier alpha value is -2.06. The molecule has 1 heterocycles. The van der Waals surface area contributed by atoms with Gasteiger partial charge in [-0.15, -0.1) is 0 Å². The number of hydrogen-bond acceptors (Lipinski definition) is 4. The number of nitriles is 1. The molecule has 3 N–H and O–H groups in total. The number of nitrogens with two attached hydrogens (primary N) is 1. The van der Waals surface area contributed by atoms with Crippen LogP contribution in [0.3, 0.4) is 0 Å². The largest absolute Gasteiger partial charge is 0.397 e. The third kappa shape index (κ3) is 2.60. The normalized spacial score (nSPS) is 9.83. The van der Waals surface area contributed by atoms with Crippen molar-refractivity contribution in [1.82, 2.24) is 4.98 Å². The second-order valence-electron chi connectivity index (χ2n) is 3.86. The molecule has 0 spiro atoms. The fourth-order valence-corrected chi connectivity index (χ4v) is 1.93. The summed E-state index contributed by atoms with van der Waals surface area (Å²) in [5.41, 5.74) is 8.48. The molecule has 2 rings (SSSR count). The van der Waals surface area contributed by atoms with E-state index in [0.717, 1.165) is 10.0 Å². The summed E-state index contributed by atoms with van der Waals surface area (Å²) >= 11 is 3.38. The van der Waals surface area contributed by atoms with Gasteiger partial charge in [-0.2, -0.15) is 5.26 Å². The molecule has 0 fully saturated rings. The van der Waals surface area contributed by atoms with Crippen LogP contribution in [0, 0.1) is 18.3 Å². The van der Waals surface area contributed by atoms with Gasteiger partial charge < -0.3 is 11.1 Å². The van der Waals surface area contributed by atoms with Crippen molar-refractivity contribution in [1.29, 1.82) is 5.26 Å². The number of rotatable bonds is 2. The van der Waals surface area contributed by atoms with Crippen LogP contribution < -0.4 is 11.1 Å². The number of nitrogen functional groups attached to an aromatic ring is 1. The molecule has 2 aromatic rings. The maximum Gasteiger partial charge on any atom is 0.133 e. The first-order valence-corrected chi connectivity index (χ1v) is 6.08. The Morgan fingerprint density at radius 3 is 2.83 bits per heavy atom. The van der Waals surface area contributed by atoms with E-state index in [1.54, 1.807) is 12.3 Å². The number of pyridine rings is 1. The Balaban J connectivity index is 2.40. The number of halogens is 1. The van der Waals surface area contributed by atoms with Gasteiger partial charge in [0.05, 0.1) is 23.1 Å². The van der Waals surface area contributed by atoms with E-state index < -0.39 is 0 Å². The minimum Gasteiger partial charge on any atom is -0.397 e. The van der Waals surface area contributed by atoms with Crippen molar-refractivity contribution in [2.75, 3.05) is 11.1 Å². The van der Waals surface area contributed by atoms with Crippen molar-refractivity contribution in [3.63, 3.8) is 0 Å². The van der Waals surface area contributed by atoms with Crippen LogP contribution in [0.2, 0.25) is 0 Å². The Morgan fingerprint density at radius 2 is 2.17 bits per heavy atom. The van der Waals surface area contributed by atoms with Gasteiger partial charge in [0.15, 0.2) is 0 Å². The lowest BCUT2D eigenvalue weighted by molar-refractivity contribution is 1.26. The highest BCUT2D eigenvalue weighted by molar-refractivity contribution is 9.10. The molecule has 1 aromatic carbocycles. The minimum absolute atomic E-state index is 0.566. The maximum atomic E-state index is 9.06. The number of benzene rings is 1. The van der Waals surface area contributed by atoms with E-state index in [1.165, 1.54) is 0 Å². The fraction of sp³-hybridized carbons (Fsp3) is 0.0769. The number of anilines is 3. The first-order chi connectivity index (χ1) is 8.60. The average molecular weight is 303 g/mol. The zero-order valence-electron chi connectivity index (χ0n) is 9.74. The van der Waals surface area contributed by atoms with Crippen LogP contribution in [0.15, 0.2) is 34.9 Å². The lowest BCUT2D eigenvalue weighted by Crippen LogP contribution is -1.99. The van der Waals surface area contributed by atoms with Crippen LogP contribution in [0.25, 0.3) is 0 Å². The van der Waals surface area contributed by atoms with Crippen molar-refractivity contribution in [2.24, 2.45) is 0 Å². The average Bonchev–Trinajstić information content (AvgIpc) is 2.33. The van der Waals surface area contributed by atoms with Gasteiger partial charge in [0.1, 0.15) is 11.9 Å². The predicted molar refractivity (Wildman–Crippen MR) is 75.5 cm³/mol. The summed E-state index contributed by atoms with van der Waals surface area (Å²) in [6.07, 6.45) is 1.58. The standard InChI is InChI=1S/C13H11BrN4/c1-8-4-11(16)7-17-13(8)18-12-5-10(14)3-2-9(12)6-15/h2-5,7H,16H2,1H3,(H,17,18). The molecular formula is C13H11BrN4. The van der Waals surface area contributed by atoms with Crippen LogP contribution in [0.4, 0.5) is 17.2 Å². The van der Waals surface area contributed by atoms with Gasteiger partial charge in [-0.1, -0.05) is 15.9 Å². The van der Waals surface area contributed by atoms with Gasteiger partial charge in [0.25, 0.3) is 0 Å². The molecule has 90 valence electrons. The van der Waals surface area contributed by atoms with E-state index in [4.69, 9.17) is 11.0 Å². The lowest BCUT2D eigenvalue weighted by Gasteiger charge is -2.10. The highest BCUT2D eigenvalue weighted by Crippen LogP contribution is 2.25. The summed E-state index contributed by atoms with van der Waals surface area (Å²) in [5.74, 6) is 0.693. The third-order valence-corrected chi connectivity index (χ3v) is 2.95. The van der Waals surface area contributed by atoms with E-state index in [1.807, 2.05) is 25.1 Å². The van der Waals surface area contributed by atoms with E-state index in [9.17, 15) is 0 Å². The monoisotopic (exact) mass is 302 g/mol. The zero-order chi connectivity index (χ0) is 13.1. The second-order valence-corrected chi connectivity index (χ2v) is 4.78. The SMILES string of the molecule is Cc1cc(N)cnc1Nc1cc(Br)ccc1C#N. The van der Waals surface area contributed by atoms with Crippen molar-refractivity contribution < 1.29 is 0 Å². The van der Waals surface area contributed by atoms with E-state index >= 15 is 0 Å². The number of nitrogens with one attached hydrogen (secondary N) is 1. The molecule has 0 radical (unpaired) electrons.